The quantitative estimate of drug-likeness (QED) is 0.462. The zero-order chi connectivity index (χ0) is 25.8. The molecule has 1 aromatic heterocycles. The monoisotopic (exact) mass is 520 g/mol. The molecule has 1 saturated carbocycles. The molecule has 1 amide bonds. The molecule has 0 spiro atoms. The highest BCUT2D eigenvalue weighted by atomic mass is 32.2. The summed E-state index contributed by atoms with van der Waals surface area (Å²) in [6.07, 6.45) is 2.23. The summed E-state index contributed by atoms with van der Waals surface area (Å²) in [7, 11) is -1.00. The van der Waals surface area contributed by atoms with Crippen molar-refractivity contribution in [3.63, 3.8) is 0 Å². The molecule has 1 unspecified atom stereocenters. The van der Waals surface area contributed by atoms with E-state index in [1.165, 1.54) is 0 Å². The van der Waals surface area contributed by atoms with Crippen molar-refractivity contribution in [2.45, 2.75) is 43.9 Å². The molecule has 2 atom stereocenters. The molecule has 2 aromatic carbocycles. The van der Waals surface area contributed by atoms with Crippen LogP contribution in [0.25, 0.3) is 11.4 Å². The van der Waals surface area contributed by atoms with Crippen LogP contribution >= 0.6 is 0 Å². The summed E-state index contributed by atoms with van der Waals surface area (Å²) in [6, 6.07) is 18.5. The lowest BCUT2D eigenvalue weighted by atomic mass is 9.81. The number of ether oxygens (including phenoxy) is 2. The summed E-state index contributed by atoms with van der Waals surface area (Å²) in [5, 5.41) is 2.75. The van der Waals surface area contributed by atoms with Crippen molar-refractivity contribution in [2.24, 2.45) is 0 Å². The Hall–Kier alpha value is -3.30. The number of carbonyl (C=O) groups is 1. The van der Waals surface area contributed by atoms with Gasteiger partial charge in [0.2, 0.25) is 0 Å². The van der Waals surface area contributed by atoms with E-state index in [-0.39, 0.29) is 6.04 Å². The maximum atomic E-state index is 13.2. The molecule has 194 valence electrons. The summed E-state index contributed by atoms with van der Waals surface area (Å²) in [5.41, 5.74) is 2.28. The average molecular weight is 521 g/mol. The molecule has 1 N–H and O–H groups in total. The molecular formula is C28H32N4O4S. The van der Waals surface area contributed by atoms with Gasteiger partial charge in [-0.1, -0.05) is 25.1 Å². The van der Waals surface area contributed by atoms with Crippen LogP contribution in [0.1, 0.15) is 38.8 Å². The first-order valence-electron chi connectivity index (χ1n) is 12.8. The van der Waals surface area contributed by atoms with Crippen LogP contribution in [0.3, 0.4) is 0 Å². The zero-order valence-corrected chi connectivity index (χ0v) is 22.0. The van der Waals surface area contributed by atoms with Crippen LogP contribution < -0.4 is 15.0 Å². The maximum Gasteiger partial charge on any atom is 0.417 e. The molecule has 2 heterocycles. The predicted octanol–water partition coefficient (Wildman–Crippen LogP) is 5.13. The smallest absolute Gasteiger partial charge is 0.410 e. The lowest BCUT2D eigenvalue weighted by molar-refractivity contribution is 0.0985. The van der Waals surface area contributed by atoms with Gasteiger partial charge in [0.25, 0.3) is 0 Å². The number of carbonyl (C=O) groups excluding carboxylic acids is 1. The van der Waals surface area contributed by atoms with Gasteiger partial charge in [-0.05, 0) is 62.6 Å². The minimum atomic E-state index is -1.00. The van der Waals surface area contributed by atoms with Crippen molar-refractivity contribution < 1.29 is 18.5 Å². The van der Waals surface area contributed by atoms with Crippen molar-refractivity contribution >= 4 is 28.4 Å². The predicted molar refractivity (Wildman–Crippen MR) is 145 cm³/mol. The number of anilines is 2. The number of para-hydroxylation sites is 1. The van der Waals surface area contributed by atoms with Crippen LogP contribution in [0, 0.1) is 0 Å². The van der Waals surface area contributed by atoms with E-state index in [2.05, 4.69) is 17.1 Å². The van der Waals surface area contributed by atoms with Crippen LogP contribution in [0.5, 0.6) is 5.75 Å². The number of nitrogens with zero attached hydrogens (tertiary/aromatic N) is 3. The van der Waals surface area contributed by atoms with Gasteiger partial charge in [-0.2, -0.15) is 0 Å². The SMILES string of the molecule is CCS(=O)C1(c2cc(N3CCOC[C@@H]3C)nc(-c3ccc(NC(=O)Oc4ccccc4)cc3)n2)CCC1. The van der Waals surface area contributed by atoms with Gasteiger partial charge in [-0.25, -0.2) is 14.8 Å². The highest BCUT2D eigenvalue weighted by Crippen LogP contribution is 2.47. The summed E-state index contributed by atoms with van der Waals surface area (Å²) >= 11 is 0. The number of hydrogen-bond acceptors (Lipinski definition) is 7. The highest BCUT2D eigenvalue weighted by Gasteiger charge is 2.45. The standard InChI is InChI=1S/C28H32N4O4S/c1-3-37(34)28(14-7-15-28)24-18-25(32-16-17-35-19-20(32)2)31-26(30-24)21-10-12-22(13-11-21)29-27(33)36-23-8-5-4-6-9-23/h4-6,8-13,18,20H,3,7,14-17,19H2,1-2H3,(H,29,33)/t20-,37?/m0/s1. The Morgan fingerprint density at radius 1 is 1.16 bits per heavy atom. The molecule has 1 aliphatic carbocycles. The second-order valence-electron chi connectivity index (χ2n) is 9.44. The lowest BCUT2D eigenvalue weighted by Gasteiger charge is -2.41. The Morgan fingerprint density at radius 3 is 2.57 bits per heavy atom. The first kappa shape index (κ1) is 25.4. The molecule has 0 bridgehead atoms. The van der Waals surface area contributed by atoms with Crippen molar-refractivity contribution in [2.75, 3.05) is 35.7 Å². The fraction of sp³-hybridized carbons (Fsp3) is 0.393. The number of aromatic nitrogens is 2. The molecule has 3 aromatic rings. The van der Waals surface area contributed by atoms with E-state index in [4.69, 9.17) is 19.4 Å². The van der Waals surface area contributed by atoms with Crippen LogP contribution in [0.4, 0.5) is 16.3 Å². The fourth-order valence-electron chi connectivity index (χ4n) is 4.83. The van der Waals surface area contributed by atoms with Gasteiger partial charge < -0.3 is 14.4 Å². The number of hydrogen-bond donors (Lipinski definition) is 1. The number of amides is 1. The molecule has 0 radical (unpaired) electrons. The molecule has 2 fully saturated rings. The molecule has 5 rings (SSSR count). The minimum absolute atomic E-state index is 0.181. The fourth-order valence-corrected chi connectivity index (χ4v) is 6.46. The molecule has 1 aliphatic heterocycles. The largest absolute Gasteiger partial charge is 0.417 e. The minimum Gasteiger partial charge on any atom is -0.410 e. The first-order valence-corrected chi connectivity index (χ1v) is 14.1. The Labute approximate surface area is 219 Å². The van der Waals surface area contributed by atoms with Gasteiger partial charge in [0.05, 0.1) is 29.7 Å². The molecular weight excluding hydrogens is 488 g/mol. The number of benzene rings is 2. The van der Waals surface area contributed by atoms with E-state index in [0.29, 0.717) is 36.2 Å². The molecule has 9 heteroatoms. The van der Waals surface area contributed by atoms with Crippen LogP contribution in [0.15, 0.2) is 60.7 Å². The normalized spacial score (nSPS) is 19.5. The molecule has 37 heavy (non-hydrogen) atoms. The van der Waals surface area contributed by atoms with Crippen LogP contribution in [0.2, 0.25) is 0 Å². The van der Waals surface area contributed by atoms with Gasteiger partial charge in [0.15, 0.2) is 5.82 Å². The van der Waals surface area contributed by atoms with Crippen molar-refractivity contribution in [1.82, 2.24) is 9.97 Å². The van der Waals surface area contributed by atoms with Gasteiger partial charge in [0.1, 0.15) is 11.6 Å². The van der Waals surface area contributed by atoms with E-state index >= 15 is 0 Å². The Balaban J connectivity index is 1.43. The van der Waals surface area contributed by atoms with Crippen molar-refractivity contribution in [3.05, 3.63) is 66.4 Å². The zero-order valence-electron chi connectivity index (χ0n) is 21.2. The number of rotatable bonds is 7. The molecule has 8 nitrogen and oxygen atoms in total. The third-order valence-corrected chi connectivity index (χ3v) is 9.06. The lowest BCUT2D eigenvalue weighted by Crippen LogP contribution is -2.45. The third kappa shape index (κ3) is 5.38. The first-order chi connectivity index (χ1) is 18.0. The third-order valence-electron chi connectivity index (χ3n) is 7.04. The summed E-state index contributed by atoms with van der Waals surface area (Å²) in [4.78, 5) is 24.4. The Kier molecular flexibility index (Phi) is 7.53. The van der Waals surface area contributed by atoms with Gasteiger partial charge in [-0.15, -0.1) is 0 Å². The van der Waals surface area contributed by atoms with E-state index in [0.717, 1.165) is 42.9 Å². The van der Waals surface area contributed by atoms with E-state index in [9.17, 15) is 9.00 Å². The van der Waals surface area contributed by atoms with Crippen LogP contribution in [-0.4, -0.2) is 51.8 Å². The van der Waals surface area contributed by atoms with E-state index in [1.807, 2.05) is 31.2 Å². The molecule has 2 aliphatic rings. The van der Waals surface area contributed by atoms with Crippen molar-refractivity contribution in [3.8, 4) is 17.1 Å². The van der Waals surface area contributed by atoms with Gasteiger partial charge in [-0.3, -0.25) is 9.53 Å². The highest BCUT2D eigenvalue weighted by molar-refractivity contribution is 7.86. The van der Waals surface area contributed by atoms with Crippen molar-refractivity contribution in [1.29, 1.82) is 0 Å². The number of nitrogens with one attached hydrogen (secondary N) is 1. The van der Waals surface area contributed by atoms with Gasteiger partial charge in [0, 0.05) is 40.4 Å². The second-order valence-corrected chi connectivity index (χ2v) is 11.5. The molecule has 1 saturated heterocycles. The topological polar surface area (TPSA) is 93.7 Å². The maximum absolute atomic E-state index is 13.2. The van der Waals surface area contributed by atoms with E-state index < -0.39 is 21.6 Å². The Morgan fingerprint density at radius 2 is 1.92 bits per heavy atom. The summed E-state index contributed by atoms with van der Waals surface area (Å²) < 4.78 is 23.7. The second kappa shape index (κ2) is 11.0. The average Bonchev–Trinajstić information content (AvgIpc) is 2.89. The Bertz CT molecular complexity index is 1260. The summed E-state index contributed by atoms with van der Waals surface area (Å²) in [6.45, 7) is 6.12. The van der Waals surface area contributed by atoms with Crippen LogP contribution in [-0.2, 0) is 20.3 Å². The van der Waals surface area contributed by atoms with E-state index in [1.54, 1.807) is 36.4 Å². The van der Waals surface area contributed by atoms with Gasteiger partial charge >= 0.3 is 6.09 Å². The summed E-state index contributed by atoms with van der Waals surface area (Å²) in [5.74, 6) is 2.50. The number of morpholine rings is 1.